The number of anilines is 2. The molecule has 33 heavy (non-hydrogen) atoms. The second kappa shape index (κ2) is 13.4. The standard InChI is InChI=1S/C22H37N5O3S3/c1-5-7-12-23-21(28)27(32-22(31)26-14-8-9-15-26)20-11-10-19(17-18(20)3)25(6-2)16-13-24-33(4,29)30/h10-11,17,24H,5-9,12-16H2,1-4H3,(H,23,28). The minimum absolute atomic E-state index is 0.171. The van der Waals surface area contributed by atoms with E-state index in [1.165, 1.54) is 11.9 Å². The van der Waals surface area contributed by atoms with Crippen LogP contribution in [0.1, 0.15) is 45.1 Å². The Morgan fingerprint density at radius 2 is 1.91 bits per heavy atom. The summed E-state index contributed by atoms with van der Waals surface area (Å²) in [6, 6.07) is 5.77. The summed E-state index contributed by atoms with van der Waals surface area (Å²) in [6.07, 6.45) is 5.34. The molecule has 8 nitrogen and oxygen atoms in total. The first-order valence-electron chi connectivity index (χ1n) is 11.5. The highest BCUT2D eigenvalue weighted by atomic mass is 32.2. The van der Waals surface area contributed by atoms with Gasteiger partial charge in [0, 0.05) is 56.9 Å². The fourth-order valence-electron chi connectivity index (χ4n) is 3.58. The quantitative estimate of drug-likeness (QED) is 0.279. The van der Waals surface area contributed by atoms with Gasteiger partial charge in [0.05, 0.1) is 11.9 Å². The Bertz CT molecular complexity index is 905. The van der Waals surface area contributed by atoms with Crippen molar-refractivity contribution in [2.24, 2.45) is 0 Å². The Balaban J connectivity index is 2.20. The van der Waals surface area contributed by atoms with Gasteiger partial charge in [-0.1, -0.05) is 25.6 Å². The van der Waals surface area contributed by atoms with Gasteiger partial charge in [-0.05, 0) is 56.9 Å². The summed E-state index contributed by atoms with van der Waals surface area (Å²) in [5, 5.41) is 3.01. The lowest BCUT2D eigenvalue weighted by Gasteiger charge is -2.28. The Morgan fingerprint density at radius 1 is 1.21 bits per heavy atom. The van der Waals surface area contributed by atoms with Crippen LogP contribution >= 0.6 is 24.2 Å². The molecule has 0 aromatic heterocycles. The van der Waals surface area contributed by atoms with Gasteiger partial charge < -0.3 is 15.1 Å². The molecule has 2 rings (SSSR count). The zero-order chi connectivity index (χ0) is 24.4. The number of rotatable bonds is 10. The molecule has 0 bridgehead atoms. The number of urea groups is 1. The van der Waals surface area contributed by atoms with Gasteiger partial charge in [-0.25, -0.2) is 22.2 Å². The topological polar surface area (TPSA) is 85.0 Å². The predicted octanol–water partition coefficient (Wildman–Crippen LogP) is 3.72. The van der Waals surface area contributed by atoms with Crippen molar-refractivity contribution in [2.45, 2.75) is 46.5 Å². The van der Waals surface area contributed by atoms with E-state index in [0.29, 0.717) is 24.0 Å². The normalized spacial score (nSPS) is 13.8. The van der Waals surface area contributed by atoms with Gasteiger partial charge in [0.15, 0.2) is 4.32 Å². The van der Waals surface area contributed by atoms with E-state index in [1.807, 2.05) is 32.0 Å². The van der Waals surface area contributed by atoms with Crippen molar-refractivity contribution in [3.05, 3.63) is 23.8 Å². The molecular weight excluding hydrogens is 478 g/mol. The minimum atomic E-state index is -3.22. The van der Waals surface area contributed by atoms with E-state index in [4.69, 9.17) is 12.2 Å². The van der Waals surface area contributed by atoms with E-state index < -0.39 is 10.0 Å². The van der Waals surface area contributed by atoms with Crippen LogP contribution in [0.2, 0.25) is 0 Å². The average Bonchev–Trinajstić information content (AvgIpc) is 3.30. The maximum Gasteiger partial charge on any atom is 0.332 e. The number of hydrogen-bond donors (Lipinski definition) is 2. The summed E-state index contributed by atoms with van der Waals surface area (Å²) >= 11 is 6.96. The van der Waals surface area contributed by atoms with Crippen LogP contribution in [-0.2, 0) is 10.0 Å². The molecule has 1 aromatic rings. The van der Waals surface area contributed by atoms with Gasteiger partial charge in [-0.2, -0.15) is 0 Å². The number of unbranched alkanes of at least 4 members (excludes halogenated alkanes) is 1. The van der Waals surface area contributed by atoms with Crippen molar-refractivity contribution >= 4 is 55.9 Å². The first-order valence-corrected chi connectivity index (χ1v) is 14.6. The second-order valence-electron chi connectivity index (χ2n) is 8.15. The molecule has 1 saturated heterocycles. The van der Waals surface area contributed by atoms with Crippen LogP contribution in [-0.4, -0.2) is 69.2 Å². The van der Waals surface area contributed by atoms with Crippen LogP contribution < -0.4 is 19.2 Å². The third-order valence-electron chi connectivity index (χ3n) is 5.42. The van der Waals surface area contributed by atoms with Crippen LogP contribution in [0.25, 0.3) is 0 Å². The average molecular weight is 516 g/mol. The molecule has 0 radical (unpaired) electrons. The Labute approximate surface area is 208 Å². The highest BCUT2D eigenvalue weighted by Gasteiger charge is 2.24. The summed E-state index contributed by atoms with van der Waals surface area (Å²) in [5.74, 6) is 0. The Hall–Kier alpha value is -1.56. The third kappa shape index (κ3) is 8.95. The number of amides is 2. The summed E-state index contributed by atoms with van der Waals surface area (Å²) in [5.41, 5.74) is 2.72. The van der Waals surface area contributed by atoms with E-state index >= 15 is 0 Å². The number of thiocarbonyl (C=S) groups is 1. The van der Waals surface area contributed by atoms with Crippen LogP contribution in [0.3, 0.4) is 0 Å². The van der Waals surface area contributed by atoms with Crippen LogP contribution in [0.15, 0.2) is 18.2 Å². The maximum atomic E-state index is 13.1. The van der Waals surface area contributed by atoms with Crippen molar-refractivity contribution in [2.75, 3.05) is 54.7 Å². The number of likely N-dealkylation sites (N-methyl/N-ethyl adjacent to an activating group) is 1. The molecule has 1 aromatic carbocycles. The molecule has 1 heterocycles. The van der Waals surface area contributed by atoms with E-state index in [0.717, 1.165) is 68.5 Å². The molecule has 186 valence electrons. The first-order chi connectivity index (χ1) is 15.7. The lowest BCUT2D eigenvalue weighted by molar-refractivity contribution is 0.249. The lowest BCUT2D eigenvalue weighted by Crippen LogP contribution is -2.39. The number of nitrogens with zero attached hydrogens (tertiary/aromatic N) is 3. The monoisotopic (exact) mass is 515 g/mol. The summed E-state index contributed by atoms with van der Waals surface area (Å²) in [6.45, 7) is 10.2. The molecule has 0 atom stereocenters. The van der Waals surface area contributed by atoms with Crippen LogP contribution in [0.4, 0.5) is 16.2 Å². The molecule has 11 heteroatoms. The number of aryl methyl sites for hydroxylation is 1. The minimum Gasteiger partial charge on any atom is -0.370 e. The van der Waals surface area contributed by atoms with E-state index in [1.54, 1.807) is 4.31 Å². The maximum absolute atomic E-state index is 13.1. The van der Waals surface area contributed by atoms with Gasteiger partial charge in [-0.3, -0.25) is 0 Å². The molecule has 0 aliphatic carbocycles. The van der Waals surface area contributed by atoms with E-state index in [9.17, 15) is 13.2 Å². The fraction of sp³-hybridized carbons (Fsp3) is 0.636. The fourth-order valence-corrected chi connectivity index (χ4v) is 5.35. The highest BCUT2D eigenvalue weighted by Crippen LogP contribution is 2.32. The summed E-state index contributed by atoms with van der Waals surface area (Å²) in [4.78, 5) is 17.3. The van der Waals surface area contributed by atoms with E-state index in [-0.39, 0.29) is 6.03 Å². The van der Waals surface area contributed by atoms with Crippen molar-refractivity contribution in [1.82, 2.24) is 14.9 Å². The molecular formula is C22H37N5O3S3. The number of sulfonamides is 1. The summed E-state index contributed by atoms with van der Waals surface area (Å²) in [7, 11) is -3.22. The molecule has 0 unspecified atom stereocenters. The molecule has 1 aliphatic rings. The van der Waals surface area contributed by atoms with Gasteiger partial charge in [-0.15, -0.1) is 0 Å². The Kier molecular flexibility index (Phi) is 11.2. The number of likely N-dealkylation sites (tertiary alicyclic amines) is 1. The molecule has 2 N–H and O–H groups in total. The van der Waals surface area contributed by atoms with Crippen molar-refractivity contribution in [3.63, 3.8) is 0 Å². The lowest BCUT2D eigenvalue weighted by atomic mass is 10.1. The number of benzene rings is 1. The van der Waals surface area contributed by atoms with Gasteiger partial charge >= 0.3 is 6.03 Å². The number of nitrogens with one attached hydrogen (secondary N) is 2. The molecule has 2 amide bonds. The largest absolute Gasteiger partial charge is 0.370 e. The highest BCUT2D eigenvalue weighted by molar-refractivity contribution is 8.24. The van der Waals surface area contributed by atoms with Crippen molar-refractivity contribution in [3.8, 4) is 0 Å². The molecule has 0 saturated carbocycles. The van der Waals surface area contributed by atoms with Crippen molar-refractivity contribution < 1.29 is 13.2 Å². The number of carbonyl (C=O) groups is 1. The zero-order valence-electron chi connectivity index (χ0n) is 20.1. The second-order valence-corrected chi connectivity index (χ2v) is 11.6. The van der Waals surface area contributed by atoms with Crippen LogP contribution in [0, 0.1) is 6.92 Å². The van der Waals surface area contributed by atoms with Gasteiger partial charge in [0.25, 0.3) is 0 Å². The number of carbonyl (C=O) groups excluding carboxylic acids is 1. The third-order valence-corrected chi connectivity index (χ3v) is 7.59. The molecule has 1 aliphatic heterocycles. The molecule has 1 fully saturated rings. The van der Waals surface area contributed by atoms with Crippen LogP contribution in [0.5, 0.6) is 0 Å². The smallest absolute Gasteiger partial charge is 0.332 e. The van der Waals surface area contributed by atoms with Gasteiger partial charge in [0.1, 0.15) is 0 Å². The number of hydrogen-bond acceptors (Lipinski definition) is 6. The predicted molar refractivity (Wildman–Crippen MR) is 144 cm³/mol. The molecule has 0 spiro atoms. The first kappa shape index (κ1) is 27.7. The summed E-state index contributed by atoms with van der Waals surface area (Å²) < 4.78 is 27.6. The SMILES string of the molecule is CCCCNC(=O)N(SC(=S)N1CCCC1)c1ccc(N(CC)CCNS(C)(=O)=O)cc1C. The van der Waals surface area contributed by atoms with E-state index in [2.05, 4.69) is 26.8 Å². The van der Waals surface area contributed by atoms with Gasteiger partial charge in [0.2, 0.25) is 10.0 Å². The zero-order valence-corrected chi connectivity index (χ0v) is 22.5. The van der Waals surface area contributed by atoms with Crippen molar-refractivity contribution in [1.29, 1.82) is 0 Å². The Morgan fingerprint density at radius 3 is 2.48 bits per heavy atom.